The molecule has 0 atom stereocenters. The second-order valence-electron chi connectivity index (χ2n) is 4.73. The minimum Gasteiger partial charge on any atom is -0.367 e. The van der Waals surface area contributed by atoms with Gasteiger partial charge in [-0.3, -0.25) is 0 Å². The number of aromatic nitrogens is 3. The number of hydrogen-bond acceptors (Lipinski definition) is 4. The van der Waals surface area contributed by atoms with E-state index in [1.54, 1.807) is 12.4 Å². The monoisotopic (exact) mass is 255 g/mol. The van der Waals surface area contributed by atoms with Gasteiger partial charge in [0.15, 0.2) is 0 Å². The summed E-state index contributed by atoms with van der Waals surface area (Å²) in [5.41, 5.74) is 1.66. The van der Waals surface area contributed by atoms with Gasteiger partial charge in [-0.1, -0.05) is 6.07 Å². The molecule has 0 spiro atoms. The summed E-state index contributed by atoms with van der Waals surface area (Å²) < 4.78 is 1.91. The van der Waals surface area contributed by atoms with Crippen molar-refractivity contribution in [2.24, 2.45) is 0 Å². The van der Waals surface area contributed by atoms with Gasteiger partial charge in [-0.25, -0.2) is 9.67 Å². The summed E-state index contributed by atoms with van der Waals surface area (Å²) in [6.07, 6.45) is 1.58. The highest BCUT2D eigenvalue weighted by atomic mass is 15.4. The van der Waals surface area contributed by atoms with Gasteiger partial charge in [0.05, 0.1) is 18.2 Å². The second kappa shape index (κ2) is 5.53. The Morgan fingerprint density at radius 2 is 2.21 bits per heavy atom. The van der Waals surface area contributed by atoms with E-state index in [2.05, 4.69) is 34.9 Å². The van der Waals surface area contributed by atoms with Crippen LogP contribution in [0.3, 0.4) is 0 Å². The first-order valence-electron chi connectivity index (χ1n) is 6.21. The number of anilines is 1. The lowest BCUT2D eigenvalue weighted by Gasteiger charge is -2.20. The Labute approximate surface area is 113 Å². The normalized spacial score (nSPS) is 10.5. The molecule has 1 aromatic heterocycles. The molecule has 1 heterocycles. The summed E-state index contributed by atoms with van der Waals surface area (Å²) in [6, 6.07) is 9.98. The van der Waals surface area contributed by atoms with Gasteiger partial charge < -0.3 is 4.90 Å². The van der Waals surface area contributed by atoms with E-state index < -0.39 is 0 Å². The maximum atomic E-state index is 8.92. The minimum absolute atomic E-state index is 0.288. The molecule has 2 rings (SSSR count). The van der Waals surface area contributed by atoms with Crippen molar-refractivity contribution in [1.82, 2.24) is 14.8 Å². The molecule has 2 aromatic rings. The summed E-state index contributed by atoms with van der Waals surface area (Å²) in [5.74, 6) is 0.917. The molecule has 0 N–H and O–H groups in total. The highest BCUT2D eigenvalue weighted by molar-refractivity contribution is 5.50. The van der Waals surface area contributed by atoms with Crippen molar-refractivity contribution in [3.8, 4) is 6.07 Å². The highest BCUT2D eigenvalue weighted by Gasteiger charge is 2.10. The van der Waals surface area contributed by atoms with E-state index in [0.717, 1.165) is 11.5 Å². The zero-order chi connectivity index (χ0) is 13.8. The van der Waals surface area contributed by atoms with Gasteiger partial charge in [0.25, 0.3) is 0 Å². The summed E-state index contributed by atoms with van der Waals surface area (Å²) in [7, 11) is 1.98. The Balaban J connectivity index is 2.18. The molecule has 0 aliphatic heterocycles. The molecule has 1 aromatic carbocycles. The van der Waals surface area contributed by atoms with Gasteiger partial charge >= 0.3 is 0 Å². The smallest absolute Gasteiger partial charge is 0.146 e. The van der Waals surface area contributed by atoms with E-state index in [9.17, 15) is 0 Å². The van der Waals surface area contributed by atoms with Crippen LogP contribution in [-0.2, 0) is 6.54 Å². The summed E-state index contributed by atoms with van der Waals surface area (Å²) in [4.78, 5) is 6.35. The van der Waals surface area contributed by atoms with Crippen molar-refractivity contribution in [3.05, 3.63) is 42.0 Å². The van der Waals surface area contributed by atoms with Crippen LogP contribution in [0.5, 0.6) is 0 Å². The predicted molar refractivity (Wildman–Crippen MR) is 73.7 cm³/mol. The third-order valence-corrected chi connectivity index (χ3v) is 2.93. The van der Waals surface area contributed by atoms with E-state index in [1.807, 2.05) is 29.9 Å². The molecule has 0 aliphatic carbocycles. The van der Waals surface area contributed by atoms with Crippen molar-refractivity contribution in [2.75, 3.05) is 11.9 Å². The molecule has 19 heavy (non-hydrogen) atoms. The molecule has 0 bridgehead atoms. The molecule has 0 aliphatic rings. The van der Waals surface area contributed by atoms with Crippen molar-refractivity contribution in [3.63, 3.8) is 0 Å². The number of rotatable bonds is 4. The van der Waals surface area contributed by atoms with Crippen LogP contribution < -0.4 is 4.90 Å². The van der Waals surface area contributed by atoms with Crippen molar-refractivity contribution >= 4 is 5.69 Å². The summed E-state index contributed by atoms with van der Waals surface area (Å²) in [5, 5.41) is 13.1. The summed E-state index contributed by atoms with van der Waals surface area (Å²) >= 11 is 0. The Hall–Kier alpha value is -2.35. The molecule has 98 valence electrons. The van der Waals surface area contributed by atoms with Crippen LogP contribution in [-0.4, -0.2) is 21.8 Å². The Morgan fingerprint density at radius 1 is 1.42 bits per heavy atom. The lowest BCUT2D eigenvalue weighted by atomic mass is 10.2. The molecule has 0 saturated carbocycles. The summed E-state index contributed by atoms with van der Waals surface area (Å²) in [6.45, 7) is 4.82. The number of hydrogen-bond donors (Lipinski definition) is 0. The molecule has 0 fully saturated rings. The molecule has 0 unspecified atom stereocenters. The van der Waals surface area contributed by atoms with Crippen LogP contribution in [0.2, 0.25) is 0 Å². The lowest BCUT2D eigenvalue weighted by molar-refractivity contribution is 0.503. The van der Waals surface area contributed by atoms with Crippen molar-refractivity contribution in [2.45, 2.75) is 26.4 Å². The quantitative estimate of drug-likeness (QED) is 0.841. The van der Waals surface area contributed by atoms with Crippen LogP contribution in [0.15, 0.2) is 30.6 Å². The van der Waals surface area contributed by atoms with Crippen molar-refractivity contribution < 1.29 is 0 Å². The predicted octanol–water partition coefficient (Wildman–Crippen LogP) is 2.37. The largest absolute Gasteiger partial charge is 0.367 e. The number of benzene rings is 1. The third-order valence-electron chi connectivity index (χ3n) is 2.93. The van der Waals surface area contributed by atoms with E-state index in [4.69, 9.17) is 5.26 Å². The first-order valence-corrected chi connectivity index (χ1v) is 6.21. The van der Waals surface area contributed by atoms with Crippen LogP contribution in [0.25, 0.3) is 0 Å². The average Bonchev–Trinajstić information content (AvgIpc) is 2.87. The van der Waals surface area contributed by atoms with Gasteiger partial charge in [-0.15, -0.1) is 0 Å². The molecule has 5 heteroatoms. The fourth-order valence-corrected chi connectivity index (χ4v) is 1.93. The molecular weight excluding hydrogens is 238 g/mol. The SMILES string of the molecule is CC(C)n1ncnc1CN(C)c1cccc(C#N)c1. The van der Waals surface area contributed by atoms with Crippen molar-refractivity contribution in [1.29, 1.82) is 5.26 Å². The van der Waals surface area contributed by atoms with Gasteiger partial charge in [-0.05, 0) is 32.0 Å². The zero-order valence-corrected chi connectivity index (χ0v) is 11.4. The fraction of sp³-hybridized carbons (Fsp3) is 0.357. The zero-order valence-electron chi connectivity index (χ0n) is 11.4. The van der Waals surface area contributed by atoms with E-state index in [0.29, 0.717) is 12.1 Å². The average molecular weight is 255 g/mol. The van der Waals surface area contributed by atoms with Gasteiger partial charge in [-0.2, -0.15) is 10.4 Å². The molecule has 0 amide bonds. The maximum absolute atomic E-state index is 8.92. The minimum atomic E-state index is 0.288. The topological polar surface area (TPSA) is 57.7 Å². The van der Waals surface area contributed by atoms with Crippen LogP contribution >= 0.6 is 0 Å². The van der Waals surface area contributed by atoms with Gasteiger partial charge in [0, 0.05) is 18.8 Å². The molecule has 0 radical (unpaired) electrons. The maximum Gasteiger partial charge on any atom is 0.146 e. The van der Waals surface area contributed by atoms with E-state index >= 15 is 0 Å². The lowest BCUT2D eigenvalue weighted by Crippen LogP contribution is -2.21. The highest BCUT2D eigenvalue weighted by Crippen LogP contribution is 2.17. The fourth-order valence-electron chi connectivity index (χ4n) is 1.93. The molecule has 0 saturated heterocycles. The number of nitrogens with zero attached hydrogens (tertiary/aromatic N) is 5. The Morgan fingerprint density at radius 3 is 2.89 bits per heavy atom. The van der Waals surface area contributed by atoms with E-state index in [1.165, 1.54) is 0 Å². The number of nitriles is 1. The molecule has 5 nitrogen and oxygen atoms in total. The van der Waals surface area contributed by atoms with Crippen LogP contribution in [0.4, 0.5) is 5.69 Å². The Bertz CT molecular complexity index is 594. The molecular formula is C14H17N5. The first kappa shape index (κ1) is 13.1. The standard InChI is InChI=1S/C14H17N5/c1-11(2)19-14(16-10-17-19)9-18(3)13-6-4-5-12(7-13)8-15/h4-7,10-11H,9H2,1-3H3. The van der Waals surface area contributed by atoms with Crippen LogP contribution in [0, 0.1) is 11.3 Å². The Kier molecular flexibility index (Phi) is 3.81. The second-order valence-corrected chi connectivity index (χ2v) is 4.73. The van der Waals surface area contributed by atoms with E-state index in [-0.39, 0.29) is 6.04 Å². The van der Waals surface area contributed by atoms with Crippen LogP contribution in [0.1, 0.15) is 31.3 Å². The van der Waals surface area contributed by atoms with Gasteiger partial charge in [0.2, 0.25) is 0 Å². The van der Waals surface area contributed by atoms with Gasteiger partial charge in [0.1, 0.15) is 12.2 Å². The first-order chi connectivity index (χ1) is 9.11. The third kappa shape index (κ3) is 2.91.